The van der Waals surface area contributed by atoms with E-state index >= 15 is 0 Å². The Bertz CT molecular complexity index is 397. The van der Waals surface area contributed by atoms with Crippen LogP contribution in [0.15, 0.2) is 23.1 Å². The second kappa shape index (κ2) is 3.13. The van der Waals surface area contributed by atoms with Gasteiger partial charge in [0.2, 0.25) is 0 Å². The summed E-state index contributed by atoms with van der Waals surface area (Å²) in [6.45, 7) is 1.85. The zero-order valence-corrected chi connectivity index (χ0v) is 8.45. The van der Waals surface area contributed by atoms with Crippen molar-refractivity contribution in [2.45, 2.75) is 11.8 Å². The average molecular weight is 204 g/mol. The smallest absolute Gasteiger partial charge is 0.282 e. The lowest BCUT2D eigenvalue weighted by Gasteiger charge is -2.01. The maximum Gasteiger partial charge on any atom is 0.295 e. The van der Waals surface area contributed by atoms with Gasteiger partial charge in [0.25, 0.3) is 10.1 Å². The normalized spacial score (nSPS) is 11.6. The minimum absolute atomic E-state index is 0.0573. The maximum atomic E-state index is 10.7. The predicted octanol–water partition coefficient (Wildman–Crippen LogP) is 0.742. The summed E-state index contributed by atoms with van der Waals surface area (Å²) < 4.78 is 30.1. The molecule has 0 aliphatic rings. The monoisotopic (exact) mass is 204 g/mol. The Balaban J connectivity index is 3.39. The molecule has 0 radical (unpaired) electrons. The van der Waals surface area contributed by atoms with Crippen molar-refractivity contribution in [1.29, 1.82) is 0 Å². The molecule has 12 heavy (non-hydrogen) atoms. The quantitative estimate of drug-likeness (QED) is 0.542. The van der Waals surface area contributed by atoms with E-state index < -0.39 is 10.1 Å². The highest BCUT2D eigenvalue weighted by molar-refractivity contribution is 7.86. The lowest BCUT2D eigenvalue weighted by molar-refractivity contribution is 0.484. The van der Waals surface area contributed by atoms with Gasteiger partial charge >= 0.3 is 0 Å². The third-order valence-electron chi connectivity index (χ3n) is 1.44. The highest BCUT2D eigenvalue weighted by Gasteiger charge is 2.11. The van der Waals surface area contributed by atoms with Crippen molar-refractivity contribution in [1.82, 2.24) is 0 Å². The van der Waals surface area contributed by atoms with E-state index in [0.29, 0.717) is 5.30 Å². The fraction of sp³-hybridized carbons (Fsp3) is 0.143. The van der Waals surface area contributed by atoms with Crippen molar-refractivity contribution in [2.24, 2.45) is 0 Å². The first-order valence-electron chi connectivity index (χ1n) is 3.25. The van der Waals surface area contributed by atoms with Crippen LogP contribution in [0.25, 0.3) is 0 Å². The van der Waals surface area contributed by atoms with Crippen LogP contribution >= 0.6 is 9.24 Å². The molecule has 0 saturated carbocycles. The van der Waals surface area contributed by atoms with Crippen LogP contribution < -0.4 is 5.30 Å². The second-order valence-electron chi connectivity index (χ2n) is 2.52. The van der Waals surface area contributed by atoms with Crippen molar-refractivity contribution < 1.29 is 13.0 Å². The van der Waals surface area contributed by atoms with Gasteiger partial charge in [0, 0.05) is 0 Å². The van der Waals surface area contributed by atoms with Crippen molar-refractivity contribution in [3.8, 4) is 0 Å². The molecule has 0 heterocycles. The van der Waals surface area contributed by atoms with Gasteiger partial charge < -0.3 is 0 Å². The van der Waals surface area contributed by atoms with E-state index in [1.54, 1.807) is 12.1 Å². The Labute approximate surface area is 73.8 Å². The minimum Gasteiger partial charge on any atom is -0.282 e. The third-order valence-corrected chi connectivity index (χ3v) is 3.06. The van der Waals surface area contributed by atoms with E-state index in [9.17, 15) is 8.42 Å². The van der Waals surface area contributed by atoms with Crippen LogP contribution in [0.4, 0.5) is 0 Å². The molecule has 1 unspecified atom stereocenters. The van der Waals surface area contributed by atoms with E-state index in [2.05, 4.69) is 9.24 Å². The second-order valence-corrected chi connectivity index (χ2v) is 4.53. The fourth-order valence-electron chi connectivity index (χ4n) is 0.903. The van der Waals surface area contributed by atoms with Gasteiger partial charge in [0.05, 0.1) is 0 Å². The molecule has 0 spiro atoms. The molecule has 0 aromatic heterocycles. The summed E-state index contributed by atoms with van der Waals surface area (Å²) in [5, 5.41) is 0.484. The fourth-order valence-corrected chi connectivity index (χ4v) is 2.31. The highest BCUT2D eigenvalue weighted by atomic mass is 32.2. The van der Waals surface area contributed by atoms with Crippen molar-refractivity contribution in [3.05, 3.63) is 23.8 Å². The molecule has 3 nitrogen and oxygen atoms in total. The lowest BCUT2D eigenvalue weighted by Crippen LogP contribution is -2.08. The summed E-state index contributed by atoms with van der Waals surface area (Å²) >= 11 is 0. The molecule has 1 atom stereocenters. The Hall–Kier alpha value is -0.440. The minimum atomic E-state index is -4.07. The lowest BCUT2D eigenvalue weighted by atomic mass is 10.2. The molecule has 5 heteroatoms. The number of rotatable bonds is 1. The molecule has 0 bridgehead atoms. The summed E-state index contributed by atoms with van der Waals surface area (Å²) in [7, 11) is -1.80. The van der Waals surface area contributed by atoms with Gasteiger partial charge in [0.15, 0.2) is 0 Å². The molecule has 66 valence electrons. The van der Waals surface area contributed by atoms with Gasteiger partial charge in [-0.05, 0) is 18.3 Å². The van der Waals surface area contributed by atoms with Gasteiger partial charge in [-0.25, -0.2) is 0 Å². The van der Waals surface area contributed by atoms with Crippen LogP contribution in [0.3, 0.4) is 0 Å². The van der Waals surface area contributed by atoms with Crippen LogP contribution in [0, 0.1) is 6.92 Å². The SMILES string of the molecule is Cc1ccc(S(=O)(=O)O)c(P)c1. The van der Waals surface area contributed by atoms with E-state index in [4.69, 9.17) is 4.55 Å². The van der Waals surface area contributed by atoms with Crippen LogP contribution in [0.5, 0.6) is 0 Å². The first-order valence-corrected chi connectivity index (χ1v) is 5.26. The highest BCUT2D eigenvalue weighted by Crippen LogP contribution is 2.09. The standard InChI is InChI=1S/C7H9O3PS/c1-5-2-3-7(6(11)4-5)12(8,9)10/h2-4H,11H2,1H3,(H,8,9,10). The molecular formula is C7H9O3PS. The van der Waals surface area contributed by atoms with E-state index in [1.165, 1.54) is 6.07 Å². The molecule has 1 aromatic carbocycles. The molecule has 1 N–H and O–H groups in total. The Morgan fingerprint density at radius 2 is 2.00 bits per heavy atom. The maximum absolute atomic E-state index is 10.7. The zero-order chi connectivity index (χ0) is 9.35. The summed E-state index contributed by atoms with van der Waals surface area (Å²) in [5.74, 6) is 0. The van der Waals surface area contributed by atoms with Crippen LogP contribution in [0.2, 0.25) is 0 Å². The molecule has 0 saturated heterocycles. The van der Waals surface area contributed by atoms with E-state index in [1.807, 2.05) is 6.92 Å². The number of benzene rings is 1. The molecular weight excluding hydrogens is 195 g/mol. The Kier molecular flexibility index (Phi) is 2.52. The number of aryl methyl sites for hydroxylation is 1. The zero-order valence-electron chi connectivity index (χ0n) is 6.48. The largest absolute Gasteiger partial charge is 0.295 e. The van der Waals surface area contributed by atoms with Crippen LogP contribution in [-0.4, -0.2) is 13.0 Å². The first kappa shape index (κ1) is 9.65. The summed E-state index contributed by atoms with van der Waals surface area (Å²) in [6, 6.07) is 4.69. The van der Waals surface area contributed by atoms with Crippen molar-refractivity contribution in [2.75, 3.05) is 0 Å². The number of hydrogen-bond donors (Lipinski definition) is 1. The molecule has 0 fully saturated rings. The molecule has 0 aliphatic carbocycles. The van der Waals surface area contributed by atoms with Crippen molar-refractivity contribution >= 4 is 24.7 Å². The van der Waals surface area contributed by atoms with Gasteiger partial charge in [-0.2, -0.15) is 8.42 Å². The third kappa shape index (κ3) is 2.03. The van der Waals surface area contributed by atoms with Crippen LogP contribution in [0.1, 0.15) is 5.56 Å². The Morgan fingerprint density at radius 1 is 1.42 bits per heavy atom. The summed E-state index contributed by atoms with van der Waals surface area (Å²) in [5.41, 5.74) is 0.951. The summed E-state index contributed by atoms with van der Waals surface area (Å²) in [6.07, 6.45) is 0. The molecule has 0 amide bonds. The van der Waals surface area contributed by atoms with Crippen LogP contribution in [-0.2, 0) is 10.1 Å². The summed E-state index contributed by atoms with van der Waals surface area (Å²) in [4.78, 5) is -0.0573. The first-order chi connectivity index (χ1) is 5.41. The molecule has 1 rings (SSSR count). The van der Waals surface area contributed by atoms with Gasteiger partial charge in [-0.3, -0.25) is 4.55 Å². The Morgan fingerprint density at radius 3 is 2.42 bits per heavy atom. The average Bonchev–Trinajstić information content (AvgIpc) is 1.83. The van der Waals surface area contributed by atoms with E-state index in [-0.39, 0.29) is 4.90 Å². The van der Waals surface area contributed by atoms with E-state index in [0.717, 1.165) is 5.56 Å². The molecule has 1 aromatic rings. The predicted molar refractivity (Wildman–Crippen MR) is 50.3 cm³/mol. The number of hydrogen-bond acceptors (Lipinski definition) is 2. The molecule has 0 aliphatic heterocycles. The topological polar surface area (TPSA) is 54.4 Å². The van der Waals surface area contributed by atoms with Gasteiger partial charge in [-0.1, -0.05) is 17.7 Å². The van der Waals surface area contributed by atoms with Gasteiger partial charge in [-0.15, -0.1) is 9.24 Å². The van der Waals surface area contributed by atoms with Crippen molar-refractivity contribution in [3.63, 3.8) is 0 Å². The van der Waals surface area contributed by atoms with Gasteiger partial charge in [0.1, 0.15) is 4.90 Å².